The zero-order valence-corrected chi connectivity index (χ0v) is 23.1. The third-order valence-electron chi connectivity index (χ3n) is 6.97. The maximum atomic E-state index is 12.3. The minimum Gasteiger partial charge on any atom is -0.462 e. The van der Waals surface area contributed by atoms with E-state index in [0.29, 0.717) is 5.92 Å². The molecule has 2 unspecified atom stereocenters. The first-order valence-electron chi connectivity index (χ1n) is 13.6. The Bertz CT molecular complexity index is 684. The van der Waals surface area contributed by atoms with Gasteiger partial charge in [-0.2, -0.15) is 0 Å². The molecule has 2 atom stereocenters. The van der Waals surface area contributed by atoms with Gasteiger partial charge in [0.1, 0.15) is 0 Å². The highest BCUT2D eigenvalue weighted by Gasteiger charge is 2.27. The van der Waals surface area contributed by atoms with Crippen LogP contribution in [0.1, 0.15) is 91.9 Å². The Hall–Kier alpha value is -1.70. The van der Waals surface area contributed by atoms with E-state index in [1.165, 1.54) is 65.2 Å². The normalized spacial score (nSPS) is 19.8. The number of hydrogen-bond donors (Lipinski definition) is 2. The van der Waals surface area contributed by atoms with Crippen LogP contribution in [0.3, 0.4) is 0 Å². The predicted octanol–water partition coefficient (Wildman–Crippen LogP) is 5.14. The van der Waals surface area contributed by atoms with Crippen molar-refractivity contribution in [2.24, 2.45) is 17.8 Å². The van der Waals surface area contributed by atoms with Crippen molar-refractivity contribution in [3.8, 4) is 0 Å². The summed E-state index contributed by atoms with van der Waals surface area (Å²) in [6.45, 7) is 14.4. The van der Waals surface area contributed by atoms with Crippen molar-refractivity contribution in [1.82, 2.24) is 0 Å². The van der Waals surface area contributed by atoms with Crippen LogP contribution in [0, 0.1) is 17.8 Å². The van der Waals surface area contributed by atoms with Crippen LogP contribution in [0.15, 0.2) is 24.3 Å². The molecule has 36 heavy (non-hydrogen) atoms. The summed E-state index contributed by atoms with van der Waals surface area (Å²) in [5.41, 5.74) is -1.20. The predicted molar refractivity (Wildman–Crippen MR) is 141 cm³/mol. The van der Waals surface area contributed by atoms with Crippen LogP contribution >= 0.6 is 0 Å². The summed E-state index contributed by atoms with van der Waals surface area (Å²) in [5, 5.41) is 19.3. The maximum absolute atomic E-state index is 12.3. The minimum absolute atomic E-state index is 0.0109. The van der Waals surface area contributed by atoms with Crippen molar-refractivity contribution in [3.05, 3.63) is 24.3 Å². The van der Waals surface area contributed by atoms with E-state index in [1.807, 2.05) is 0 Å². The van der Waals surface area contributed by atoms with Crippen LogP contribution in [-0.2, 0) is 23.8 Å². The number of carbonyl (C=O) groups is 2. The molecule has 0 aromatic rings. The van der Waals surface area contributed by atoms with Gasteiger partial charge in [-0.15, -0.1) is 0 Å². The second-order valence-electron chi connectivity index (χ2n) is 11.0. The summed E-state index contributed by atoms with van der Waals surface area (Å²) in [6, 6.07) is 0. The van der Waals surface area contributed by atoms with Gasteiger partial charge < -0.3 is 24.4 Å². The van der Waals surface area contributed by atoms with Crippen LogP contribution in [0.4, 0.5) is 0 Å². The summed E-state index contributed by atoms with van der Waals surface area (Å²) >= 11 is 0. The average Bonchev–Trinajstić information content (AvgIpc) is 2.82. The van der Waals surface area contributed by atoms with E-state index in [0.717, 1.165) is 18.8 Å². The van der Waals surface area contributed by atoms with Crippen LogP contribution in [0.5, 0.6) is 0 Å². The van der Waals surface area contributed by atoms with Gasteiger partial charge in [-0.25, -0.2) is 9.59 Å². The molecule has 0 amide bonds. The summed E-state index contributed by atoms with van der Waals surface area (Å²) in [7, 11) is 0. The van der Waals surface area contributed by atoms with E-state index in [4.69, 9.17) is 14.2 Å². The van der Waals surface area contributed by atoms with Crippen molar-refractivity contribution in [2.45, 2.75) is 104 Å². The Balaban J connectivity index is 2.57. The molecule has 0 saturated heterocycles. The van der Waals surface area contributed by atoms with Crippen molar-refractivity contribution in [3.63, 3.8) is 0 Å². The van der Waals surface area contributed by atoms with E-state index in [9.17, 15) is 19.8 Å². The molecule has 7 nitrogen and oxygen atoms in total. The lowest BCUT2D eigenvalue weighted by molar-refractivity contribution is -0.145. The number of ether oxygens (including phenoxy) is 3. The van der Waals surface area contributed by atoms with Gasteiger partial charge in [-0.05, 0) is 45.4 Å². The summed E-state index contributed by atoms with van der Waals surface area (Å²) in [4.78, 5) is 24.7. The molecule has 0 bridgehead atoms. The number of esters is 2. The largest absolute Gasteiger partial charge is 0.462 e. The molecule has 1 saturated carbocycles. The molecule has 7 heteroatoms. The van der Waals surface area contributed by atoms with Gasteiger partial charge in [0.25, 0.3) is 0 Å². The van der Waals surface area contributed by atoms with Crippen molar-refractivity contribution >= 4 is 11.9 Å². The molecule has 0 aromatic carbocycles. The molecule has 1 aliphatic carbocycles. The number of aliphatic hydroxyl groups is 2. The Kier molecular flexibility index (Phi) is 15.2. The highest BCUT2D eigenvalue weighted by molar-refractivity contribution is 5.89. The molecule has 1 aliphatic rings. The van der Waals surface area contributed by atoms with Gasteiger partial charge in [-0.1, -0.05) is 71.4 Å². The molecule has 1 fully saturated rings. The zero-order valence-electron chi connectivity index (χ0n) is 23.1. The van der Waals surface area contributed by atoms with Gasteiger partial charge >= 0.3 is 11.9 Å². The molecule has 0 aliphatic heterocycles. The molecule has 0 radical (unpaired) electrons. The lowest BCUT2D eigenvalue weighted by atomic mass is 9.77. The monoisotopic (exact) mass is 510 g/mol. The number of carbonyl (C=O) groups excluding carboxylic acids is 2. The fourth-order valence-electron chi connectivity index (χ4n) is 4.42. The van der Waals surface area contributed by atoms with Crippen molar-refractivity contribution < 1.29 is 34.0 Å². The van der Waals surface area contributed by atoms with E-state index in [-0.39, 0.29) is 43.5 Å². The van der Waals surface area contributed by atoms with Crippen molar-refractivity contribution in [1.29, 1.82) is 0 Å². The Labute approximate surface area is 218 Å². The highest BCUT2D eigenvalue weighted by atomic mass is 16.6. The topological polar surface area (TPSA) is 102 Å². The lowest BCUT2D eigenvalue weighted by Gasteiger charge is -2.29. The number of rotatable bonds is 18. The van der Waals surface area contributed by atoms with E-state index in [1.54, 1.807) is 6.92 Å². The highest BCUT2D eigenvalue weighted by Crippen LogP contribution is 2.35. The number of aliphatic hydroxyl groups excluding tert-OH is 1. The molecule has 2 N–H and O–H groups in total. The van der Waals surface area contributed by atoms with Crippen LogP contribution in [-0.4, -0.2) is 60.3 Å². The minimum atomic E-state index is -1.36. The standard InChI is InChI=1S/C29H50O7/c1-7-8-9-10-24-11-13-25(14-12-24)15-16-26(20-36-28(32)23(4)29(5,6)33)19-35-27(31)21(2)17-34-18-22(3)30/h22,24-26,30,33H,2,4,7-20H2,1,3,5-6H3. The van der Waals surface area contributed by atoms with Gasteiger partial charge in [0.15, 0.2) is 0 Å². The summed E-state index contributed by atoms with van der Waals surface area (Å²) in [5.74, 6) is 0.102. The summed E-state index contributed by atoms with van der Waals surface area (Å²) < 4.78 is 16.1. The van der Waals surface area contributed by atoms with E-state index < -0.39 is 23.6 Å². The van der Waals surface area contributed by atoms with Crippen LogP contribution in [0.25, 0.3) is 0 Å². The molecule has 1 rings (SSSR count). The van der Waals surface area contributed by atoms with Gasteiger partial charge in [0.2, 0.25) is 0 Å². The third kappa shape index (κ3) is 13.6. The average molecular weight is 511 g/mol. The fraction of sp³-hybridized carbons (Fsp3) is 0.793. The fourth-order valence-corrected chi connectivity index (χ4v) is 4.42. The van der Waals surface area contributed by atoms with Crippen LogP contribution < -0.4 is 0 Å². The Morgan fingerprint density at radius 3 is 2.03 bits per heavy atom. The smallest absolute Gasteiger partial charge is 0.336 e. The lowest BCUT2D eigenvalue weighted by Crippen LogP contribution is -2.30. The van der Waals surface area contributed by atoms with Crippen LogP contribution in [0.2, 0.25) is 0 Å². The molecule has 0 heterocycles. The number of unbranched alkanes of at least 4 members (excludes halogenated alkanes) is 2. The SMILES string of the molecule is C=C(COCC(C)O)C(=O)OCC(CCC1CCC(CCCCC)CC1)COC(=O)C(=C)C(C)(C)O. The first-order valence-corrected chi connectivity index (χ1v) is 13.6. The quantitative estimate of drug-likeness (QED) is 0.150. The summed E-state index contributed by atoms with van der Waals surface area (Å²) in [6.07, 6.45) is 11.4. The van der Waals surface area contributed by atoms with Crippen molar-refractivity contribution in [2.75, 3.05) is 26.4 Å². The molecule has 0 aromatic heterocycles. The first-order chi connectivity index (χ1) is 16.9. The van der Waals surface area contributed by atoms with Gasteiger partial charge in [-0.3, -0.25) is 0 Å². The molecular weight excluding hydrogens is 460 g/mol. The maximum Gasteiger partial charge on any atom is 0.336 e. The Morgan fingerprint density at radius 2 is 1.50 bits per heavy atom. The Morgan fingerprint density at radius 1 is 0.944 bits per heavy atom. The van der Waals surface area contributed by atoms with Gasteiger partial charge in [0.05, 0.1) is 49.3 Å². The van der Waals surface area contributed by atoms with E-state index >= 15 is 0 Å². The molecule has 0 spiro atoms. The molecule has 208 valence electrons. The van der Waals surface area contributed by atoms with E-state index in [2.05, 4.69) is 20.1 Å². The van der Waals surface area contributed by atoms with Gasteiger partial charge in [0, 0.05) is 5.92 Å². The molecular formula is C29H50O7. The first kappa shape index (κ1) is 32.3. The zero-order chi connectivity index (χ0) is 27.1. The second-order valence-corrected chi connectivity index (χ2v) is 11.0. The second kappa shape index (κ2) is 16.9. The third-order valence-corrected chi connectivity index (χ3v) is 6.97. The number of hydrogen-bond acceptors (Lipinski definition) is 7.